The van der Waals surface area contributed by atoms with E-state index in [0.29, 0.717) is 40.8 Å². The van der Waals surface area contributed by atoms with Gasteiger partial charge < -0.3 is 14.5 Å². The normalized spacial score (nSPS) is 17.3. The number of pyridine rings is 1. The third kappa shape index (κ3) is 3.83. The number of nitrogens with one attached hydrogen (secondary N) is 1. The van der Waals surface area contributed by atoms with Crippen LogP contribution >= 0.6 is 23.2 Å². The van der Waals surface area contributed by atoms with Crippen LogP contribution in [-0.2, 0) is 0 Å². The molecule has 0 amide bonds. The predicted octanol–water partition coefficient (Wildman–Crippen LogP) is 5.48. The monoisotopic (exact) mass is 526 g/mol. The standard InChI is InChI=1S/C24H21Cl2FN8O/c1-24(10-28)11-35(12-24)23-31-19-13(21(32-23)34-5-3-2-4-6-34)7-17(25)30-22(19)36-20-14-9-29-33-16(14)8-15(27)18(20)26/h7-9H,2-6,11-12H2,1H3,(H,29,33). The molecule has 6 rings (SSSR count). The highest BCUT2D eigenvalue weighted by Crippen LogP contribution is 2.42. The maximum absolute atomic E-state index is 14.5. The Morgan fingerprint density at radius 2 is 1.86 bits per heavy atom. The van der Waals surface area contributed by atoms with Crippen molar-refractivity contribution in [2.45, 2.75) is 26.2 Å². The van der Waals surface area contributed by atoms with Crippen molar-refractivity contribution in [3.8, 4) is 17.7 Å². The van der Waals surface area contributed by atoms with Crippen LogP contribution in [0, 0.1) is 22.6 Å². The topological polar surface area (TPSA) is 107 Å². The van der Waals surface area contributed by atoms with Crippen LogP contribution in [-0.4, -0.2) is 51.3 Å². The van der Waals surface area contributed by atoms with Gasteiger partial charge >= 0.3 is 0 Å². The smallest absolute Gasteiger partial charge is 0.247 e. The fraction of sp³-hybridized carbons (Fsp3) is 0.375. The molecule has 2 fully saturated rings. The van der Waals surface area contributed by atoms with Gasteiger partial charge in [0.25, 0.3) is 0 Å². The van der Waals surface area contributed by atoms with Crippen LogP contribution in [0.3, 0.4) is 0 Å². The lowest BCUT2D eigenvalue weighted by molar-refractivity contribution is 0.332. The first kappa shape index (κ1) is 23.0. The number of ether oxygens (including phenoxy) is 1. The summed E-state index contributed by atoms with van der Waals surface area (Å²) in [4.78, 5) is 18.2. The van der Waals surface area contributed by atoms with Crippen molar-refractivity contribution < 1.29 is 9.13 Å². The molecule has 0 atom stereocenters. The van der Waals surface area contributed by atoms with Crippen molar-refractivity contribution in [2.75, 3.05) is 36.0 Å². The van der Waals surface area contributed by atoms with E-state index in [9.17, 15) is 9.65 Å². The number of anilines is 2. The Morgan fingerprint density at radius 3 is 2.61 bits per heavy atom. The van der Waals surface area contributed by atoms with Gasteiger partial charge in [-0.1, -0.05) is 23.2 Å². The van der Waals surface area contributed by atoms with Crippen molar-refractivity contribution in [3.05, 3.63) is 34.3 Å². The van der Waals surface area contributed by atoms with E-state index in [1.807, 2.05) is 11.8 Å². The number of fused-ring (bicyclic) bond motifs is 2. The molecule has 0 saturated carbocycles. The molecule has 0 aliphatic carbocycles. The summed E-state index contributed by atoms with van der Waals surface area (Å²) in [6.07, 6.45) is 4.77. The van der Waals surface area contributed by atoms with Crippen LogP contribution in [0.25, 0.3) is 21.8 Å². The van der Waals surface area contributed by atoms with E-state index < -0.39 is 11.2 Å². The number of benzene rings is 1. The van der Waals surface area contributed by atoms with Gasteiger partial charge in [0.1, 0.15) is 27.3 Å². The summed E-state index contributed by atoms with van der Waals surface area (Å²) >= 11 is 12.7. The molecule has 0 spiro atoms. The highest BCUT2D eigenvalue weighted by Gasteiger charge is 2.41. The lowest BCUT2D eigenvalue weighted by Crippen LogP contribution is -2.54. The number of nitriles is 1. The van der Waals surface area contributed by atoms with Gasteiger partial charge in [-0.3, -0.25) is 5.10 Å². The quantitative estimate of drug-likeness (QED) is 0.348. The molecule has 1 N–H and O–H groups in total. The summed E-state index contributed by atoms with van der Waals surface area (Å²) in [5.74, 6) is 0.697. The van der Waals surface area contributed by atoms with Gasteiger partial charge in [0.15, 0.2) is 5.75 Å². The van der Waals surface area contributed by atoms with Crippen LogP contribution in [0.5, 0.6) is 11.6 Å². The van der Waals surface area contributed by atoms with E-state index >= 15 is 0 Å². The van der Waals surface area contributed by atoms with Gasteiger partial charge in [-0.25, -0.2) is 9.37 Å². The summed E-state index contributed by atoms with van der Waals surface area (Å²) in [7, 11) is 0. The fourth-order valence-corrected chi connectivity index (χ4v) is 5.19. The highest BCUT2D eigenvalue weighted by atomic mass is 35.5. The second-order valence-electron chi connectivity index (χ2n) is 9.50. The van der Waals surface area contributed by atoms with E-state index in [1.165, 1.54) is 12.3 Å². The molecule has 1 aromatic carbocycles. The molecule has 9 nitrogen and oxygen atoms in total. The van der Waals surface area contributed by atoms with E-state index in [2.05, 4.69) is 26.2 Å². The van der Waals surface area contributed by atoms with Gasteiger partial charge in [-0.2, -0.15) is 20.3 Å². The van der Waals surface area contributed by atoms with Crippen LogP contribution in [0.1, 0.15) is 26.2 Å². The van der Waals surface area contributed by atoms with Crippen molar-refractivity contribution in [2.24, 2.45) is 5.41 Å². The molecular formula is C24H21Cl2FN8O. The van der Waals surface area contributed by atoms with Gasteiger partial charge in [0, 0.05) is 32.2 Å². The maximum Gasteiger partial charge on any atom is 0.247 e. The van der Waals surface area contributed by atoms with Crippen LogP contribution in [0.2, 0.25) is 10.2 Å². The zero-order valence-electron chi connectivity index (χ0n) is 19.4. The number of hydrogen-bond donors (Lipinski definition) is 1. The summed E-state index contributed by atoms with van der Waals surface area (Å²) in [5, 5.41) is 17.3. The fourth-order valence-electron chi connectivity index (χ4n) is 4.81. The highest BCUT2D eigenvalue weighted by molar-refractivity contribution is 6.33. The molecule has 0 unspecified atom stereocenters. The van der Waals surface area contributed by atoms with Gasteiger partial charge in [-0.15, -0.1) is 0 Å². The van der Waals surface area contributed by atoms with Crippen LogP contribution < -0.4 is 14.5 Å². The number of hydrogen-bond acceptors (Lipinski definition) is 8. The first-order chi connectivity index (χ1) is 17.3. The summed E-state index contributed by atoms with van der Waals surface area (Å²) in [6.45, 7) is 4.63. The van der Waals surface area contributed by atoms with Crippen molar-refractivity contribution in [1.82, 2.24) is 25.1 Å². The van der Waals surface area contributed by atoms with Crippen molar-refractivity contribution >= 4 is 56.8 Å². The van der Waals surface area contributed by atoms with E-state index in [4.69, 9.17) is 37.9 Å². The lowest BCUT2D eigenvalue weighted by atomic mass is 9.84. The van der Waals surface area contributed by atoms with Crippen molar-refractivity contribution in [1.29, 1.82) is 5.26 Å². The molecule has 12 heteroatoms. The Morgan fingerprint density at radius 1 is 1.08 bits per heavy atom. The Balaban J connectivity index is 1.53. The van der Waals surface area contributed by atoms with Crippen LogP contribution in [0.4, 0.5) is 16.2 Å². The van der Waals surface area contributed by atoms with Gasteiger partial charge in [0.05, 0.1) is 34.0 Å². The molecule has 3 aromatic heterocycles. The summed E-state index contributed by atoms with van der Waals surface area (Å²) in [5.41, 5.74) is 0.398. The number of halogens is 3. The van der Waals surface area contributed by atoms with Gasteiger partial charge in [-0.05, 0) is 32.3 Å². The van der Waals surface area contributed by atoms with E-state index in [0.717, 1.165) is 38.2 Å². The Hall–Kier alpha value is -3.42. The number of aromatic amines is 1. The molecule has 4 aromatic rings. The molecule has 36 heavy (non-hydrogen) atoms. The Bertz CT molecular complexity index is 1540. The third-order valence-electron chi connectivity index (χ3n) is 6.67. The molecule has 2 aliphatic heterocycles. The molecule has 2 saturated heterocycles. The second kappa shape index (κ2) is 8.61. The number of H-pyrrole nitrogens is 1. The number of piperidine rings is 1. The predicted molar refractivity (Wildman–Crippen MR) is 135 cm³/mol. The minimum absolute atomic E-state index is 0.0668. The zero-order valence-corrected chi connectivity index (χ0v) is 20.9. The summed E-state index contributed by atoms with van der Waals surface area (Å²) in [6, 6.07) is 5.32. The number of aromatic nitrogens is 5. The molecule has 0 bridgehead atoms. The van der Waals surface area contributed by atoms with Crippen LogP contribution in [0.15, 0.2) is 18.3 Å². The minimum Gasteiger partial charge on any atom is -0.434 e. The largest absolute Gasteiger partial charge is 0.434 e. The zero-order chi connectivity index (χ0) is 25.0. The number of nitrogens with zero attached hydrogens (tertiary/aromatic N) is 7. The molecule has 0 radical (unpaired) electrons. The van der Waals surface area contributed by atoms with E-state index in [1.54, 1.807) is 6.07 Å². The third-order valence-corrected chi connectivity index (χ3v) is 7.21. The minimum atomic E-state index is -0.657. The second-order valence-corrected chi connectivity index (χ2v) is 10.3. The average molecular weight is 527 g/mol. The molecule has 2 aliphatic rings. The first-order valence-corrected chi connectivity index (χ1v) is 12.4. The lowest BCUT2D eigenvalue weighted by Gasteiger charge is -2.43. The Labute approximate surface area is 215 Å². The number of rotatable bonds is 4. The van der Waals surface area contributed by atoms with E-state index in [-0.39, 0.29) is 21.8 Å². The first-order valence-electron chi connectivity index (χ1n) is 11.6. The van der Waals surface area contributed by atoms with Crippen molar-refractivity contribution in [3.63, 3.8) is 0 Å². The summed E-state index contributed by atoms with van der Waals surface area (Å²) < 4.78 is 20.7. The average Bonchev–Trinajstić information content (AvgIpc) is 3.32. The molecule has 184 valence electrons. The van der Waals surface area contributed by atoms with Gasteiger partial charge in [0.2, 0.25) is 11.8 Å². The maximum atomic E-state index is 14.5. The SMILES string of the molecule is CC1(C#N)CN(c2nc(N3CCCCC3)c3cc(Cl)nc(Oc4c(Cl)c(F)cc5[nH]ncc45)c3n2)C1. The molecule has 5 heterocycles. The Kier molecular flexibility index (Phi) is 5.50. The molecular weight excluding hydrogens is 506 g/mol.